The van der Waals surface area contributed by atoms with Gasteiger partial charge in [-0.3, -0.25) is 9.59 Å². The van der Waals surface area contributed by atoms with E-state index in [9.17, 15) is 35.5 Å². The first-order chi connectivity index (χ1) is 15.8. The fourth-order valence-corrected chi connectivity index (χ4v) is 4.63. The number of hydrogen-bond donors (Lipinski definition) is 2. The van der Waals surface area contributed by atoms with Crippen LogP contribution in [0.3, 0.4) is 0 Å². The van der Waals surface area contributed by atoms with Crippen LogP contribution in [0, 0.1) is 0 Å². The van der Waals surface area contributed by atoms with E-state index in [2.05, 4.69) is 10.6 Å². The number of benzene rings is 2. The van der Waals surface area contributed by atoms with Gasteiger partial charge in [0, 0.05) is 50.3 Å². The van der Waals surface area contributed by atoms with Crippen molar-refractivity contribution in [3.05, 3.63) is 71.8 Å². The Morgan fingerprint density at radius 3 is 1.20 bits per heavy atom. The minimum atomic E-state index is -4.32. The zero-order valence-electron chi connectivity index (χ0n) is 19.5. The molecule has 10 nitrogen and oxygen atoms in total. The second-order valence-corrected chi connectivity index (χ2v) is 10.4. The monoisotopic (exact) mass is 552 g/mol. The third kappa shape index (κ3) is 16.7. The molecule has 188 valence electrons. The van der Waals surface area contributed by atoms with Crippen molar-refractivity contribution in [2.24, 2.45) is 0 Å². The van der Waals surface area contributed by atoms with Crippen molar-refractivity contribution in [2.45, 2.75) is 25.7 Å². The molecule has 2 unspecified atom stereocenters. The molecule has 0 heterocycles. The average Bonchev–Trinajstić information content (AvgIpc) is 2.74. The van der Waals surface area contributed by atoms with Gasteiger partial charge in [0.2, 0.25) is 11.8 Å². The molecule has 2 aromatic carbocycles. The molecule has 0 saturated carbocycles. The molecule has 2 aromatic rings. The summed E-state index contributed by atoms with van der Waals surface area (Å²) in [5.41, 5.74) is 1.45. The Morgan fingerprint density at radius 2 is 0.971 bits per heavy atom. The van der Waals surface area contributed by atoms with Crippen molar-refractivity contribution in [1.82, 2.24) is 10.6 Å². The van der Waals surface area contributed by atoms with Gasteiger partial charge in [-0.25, -0.2) is 16.8 Å². The van der Waals surface area contributed by atoms with Crippen LogP contribution in [0.15, 0.2) is 60.7 Å². The Labute approximate surface area is 236 Å². The third-order valence-corrected chi connectivity index (χ3v) is 6.17. The molecule has 0 fully saturated rings. The Balaban J connectivity index is 0.000000642. The van der Waals surface area contributed by atoms with Gasteiger partial charge in [0.1, 0.15) is 0 Å². The minimum absolute atomic E-state index is 0. The Bertz CT molecular complexity index is 1040. The van der Waals surface area contributed by atoms with Crippen molar-refractivity contribution < 1.29 is 35.5 Å². The molecule has 0 saturated heterocycles. The van der Waals surface area contributed by atoms with Gasteiger partial charge in [-0.1, -0.05) is 60.7 Å². The van der Waals surface area contributed by atoms with E-state index in [1.165, 1.54) is 13.8 Å². The Morgan fingerprint density at radius 1 is 0.686 bits per heavy atom. The van der Waals surface area contributed by atoms with Gasteiger partial charge in [0.05, 0.1) is 20.2 Å². The van der Waals surface area contributed by atoms with Crippen molar-refractivity contribution in [2.75, 3.05) is 24.6 Å². The first-order valence-corrected chi connectivity index (χ1v) is 13.4. The van der Waals surface area contributed by atoms with Gasteiger partial charge >= 0.3 is 37.7 Å². The smallest absolute Gasteiger partial charge is 0.748 e. The molecule has 35 heavy (non-hydrogen) atoms. The van der Waals surface area contributed by atoms with Crippen LogP contribution < -0.4 is 10.6 Å². The summed E-state index contributed by atoms with van der Waals surface area (Å²) in [7, 11) is -8.64. The molecule has 0 bridgehead atoms. The summed E-state index contributed by atoms with van der Waals surface area (Å²) in [6.45, 7) is 2.96. The van der Waals surface area contributed by atoms with Crippen molar-refractivity contribution in [3.8, 4) is 0 Å². The molecule has 0 aliphatic rings. The molecule has 0 spiro atoms. The van der Waals surface area contributed by atoms with Crippen LogP contribution >= 0.6 is 0 Å². The number of nitrogens with one attached hydrogen (secondary N) is 2. The van der Waals surface area contributed by atoms with E-state index in [1.54, 1.807) is 60.7 Å². The number of carbonyl (C=O) groups excluding carboxylic acids is 2. The van der Waals surface area contributed by atoms with Crippen LogP contribution in [0.2, 0.25) is 0 Å². The molecule has 0 aromatic heterocycles. The van der Waals surface area contributed by atoms with E-state index in [0.29, 0.717) is 0 Å². The minimum Gasteiger partial charge on any atom is -0.748 e. The summed E-state index contributed by atoms with van der Waals surface area (Å²) < 4.78 is 64.7. The van der Waals surface area contributed by atoms with Crippen molar-refractivity contribution in [3.63, 3.8) is 0 Å². The molecule has 2 rings (SSSR count). The molecule has 2 atom stereocenters. The third-order valence-electron chi connectivity index (χ3n) is 4.55. The summed E-state index contributed by atoms with van der Waals surface area (Å²) in [5, 5.41) is 5.05. The molecule has 0 radical (unpaired) electrons. The molecule has 13 heteroatoms. The van der Waals surface area contributed by atoms with Crippen LogP contribution in [0.25, 0.3) is 0 Å². The topological polar surface area (TPSA) is 173 Å². The summed E-state index contributed by atoms with van der Waals surface area (Å²) in [6, 6.07) is 17.6. The van der Waals surface area contributed by atoms with E-state index in [0.717, 1.165) is 11.1 Å². The van der Waals surface area contributed by atoms with Gasteiger partial charge in [0.15, 0.2) is 0 Å². The Hall–Kier alpha value is -1.54. The van der Waals surface area contributed by atoms with Crippen molar-refractivity contribution in [1.29, 1.82) is 0 Å². The number of hydrogen-bond acceptors (Lipinski definition) is 8. The molecule has 0 aliphatic heterocycles. The number of rotatable bonds is 10. The van der Waals surface area contributed by atoms with E-state index in [-0.39, 0.29) is 62.6 Å². The van der Waals surface area contributed by atoms with Crippen LogP contribution in [0.5, 0.6) is 0 Å². The normalized spacial score (nSPS) is 12.7. The SMILES string of the molecule is CC(=O)NCC(CS(=O)(=O)[O-])c1ccccc1.CC(=O)NCC(CS(=O)(=O)[O-])c1ccccc1.[Ca+2]. The molecule has 2 N–H and O–H groups in total. The van der Waals surface area contributed by atoms with Crippen LogP contribution in [-0.4, -0.2) is 100 Å². The zero-order chi connectivity index (χ0) is 25.8. The summed E-state index contributed by atoms with van der Waals surface area (Å²) in [5.74, 6) is -2.57. The van der Waals surface area contributed by atoms with Gasteiger partial charge in [-0.15, -0.1) is 0 Å². The van der Waals surface area contributed by atoms with Gasteiger partial charge in [-0.05, 0) is 11.1 Å². The van der Waals surface area contributed by atoms with E-state index in [4.69, 9.17) is 0 Å². The maximum absolute atomic E-state index is 10.8. The maximum Gasteiger partial charge on any atom is 2.00 e. The standard InChI is InChI=1S/2C11H15NO4S.Ca/c2*1-9(13)12-7-11(8-17(14,15)16)10-5-3-2-4-6-10;/h2*2-6,11H,7-8H2,1H3,(H,12,13)(H,14,15,16);/q;;+2/p-2. The summed E-state index contributed by atoms with van der Waals surface area (Å²) in [6.07, 6.45) is 0. The molecular weight excluding hydrogens is 524 g/mol. The van der Waals surface area contributed by atoms with Crippen LogP contribution in [0.1, 0.15) is 36.8 Å². The number of carbonyl (C=O) groups is 2. The quantitative estimate of drug-likeness (QED) is 0.317. The summed E-state index contributed by atoms with van der Waals surface area (Å²) >= 11 is 0. The predicted molar refractivity (Wildman–Crippen MR) is 131 cm³/mol. The fraction of sp³-hybridized carbons (Fsp3) is 0.364. The molecule has 0 aliphatic carbocycles. The Kier molecular flexibility index (Phi) is 15.5. The average molecular weight is 553 g/mol. The first-order valence-electron chi connectivity index (χ1n) is 10.2. The van der Waals surface area contributed by atoms with E-state index in [1.807, 2.05) is 0 Å². The first kappa shape index (κ1) is 33.5. The van der Waals surface area contributed by atoms with E-state index < -0.39 is 43.6 Å². The van der Waals surface area contributed by atoms with Crippen molar-refractivity contribution >= 4 is 69.8 Å². The second kappa shape index (κ2) is 16.3. The molecule has 2 amide bonds. The summed E-state index contributed by atoms with van der Waals surface area (Å²) in [4.78, 5) is 21.6. The molecular formula is C22H28CaN2O8S2. The van der Waals surface area contributed by atoms with E-state index >= 15 is 0 Å². The van der Waals surface area contributed by atoms with Gasteiger partial charge in [0.25, 0.3) is 0 Å². The zero-order valence-corrected chi connectivity index (χ0v) is 23.4. The maximum atomic E-state index is 10.8. The number of amides is 2. The van der Waals surface area contributed by atoms with Gasteiger partial charge in [-0.2, -0.15) is 0 Å². The second-order valence-electron chi connectivity index (χ2n) is 7.54. The largest absolute Gasteiger partial charge is 2.00 e. The predicted octanol–water partition coefficient (Wildman–Crippen LogP) is 0.522. The van der Waals surface area contributed by atoms with Crippen LogP contribution in [0.4, 0.5) is 0 Å². The fourth-order valence-electron chi connectivity index (χ4n) is 3.02. The van der Waals surface area contributed by atoms with Gasteiger partial charge < -0.3 is 19.7 Å². The van der Waals surface area contributed by atoms with Crippen LogP contribution in [-0.2, 0) is 29.8 Å².